The van der Waals surface area contributed by atoms with Crippen LogP contribution in [-0.2, 0) is 10.0 Å². The molecule has 0 aromatic heterocycles. The third-order valence-corrected chi connectivity index (χ3v) is 6.54. The lowest BCUT2D eigenvalue weighted by Crippen LogP contribution is -2.54. The van der Waals surface area contributed by atoms with Crippen molar-refractivity contribution in [3.05, 3.63) is 22.6 Å². The van der Waals surface area contributed by atoms with Crippen LogP contribution in [-0.4, -0.2) is 24.6 Å². The number of rotatable bonds is 0. The summed E-state index contributed by atoms with van der Waals surface area (Å²) in [5, 5.41) is 4.36. The zero-order valence-electron chi connectivity index (χ0n) is 12.5. The van der Waals surface area contributed by atoms with E-state index in [9.17, 15) is 8.42 Å². The number of hydrogen-bond acceptors (Lipinski definition) is 3. The Morgan fingerprint density at radius 1 is 1.35 bits per heavy atom. The first-order valence-electron chi connectivity index (χ1n) is 7.18. The molecule has 1 fully saturated rings. The molecule has 0 aromatic rings. The molecule has 2 aliphatic heterocycles. The van der Waals surface area contributed by atoms with Gasteiger partial charge in [-0.15, -0.1) is 0 Å². The highest BCUT2D eigenvalue weighted by molar-refractivity contribution is 7.93. The Morgan fingerprint density at radius 2 is 2.05 bits per heavy atom. The second kappa shape index (κ2) is 4.20. The Bertz CT molecular complexity index is 641. The third kappa shape index (κ3) is 1.94. The van der Waals surface area contributed by atoms with Crippen LogP contribution < -0.4 is 0 Å². The molecule has 2 atom stereocenters. The average Bonchev–Trinajstić information content (AvgIpc) is 2.30. The van der Waals surface area contributed by atoms with Gasteiger partial charge in [-0.05, 0) is 38.5 Å². The van der Waals surface area contributed by atoms with E-state index in [1.807, 2.05) is 13.0 Å². The lowest BCUT2D eigenvalue weighted by molar-refractivity contribution is 0.127. The van der Waals surface area contributed by atoms with Crippen LogP contribution in [0.2, 0.25) is 0 Å². The van der Waals surface area contributed by atoms with Crippen LogP contribution in [0.5, 0.6) is 0 Å². The van der Waals surface area contributed by atoms with E-state index in [0.29, 0.717) is 4.91 Å². The first kappa shape index (κ1) is 13.9. The molecular formula is C15H22N2O2S. The van der Waals surface area contributed by atoms with Crippen molar-refractivity contribution in [2.24, 2.45) is 16.4 Å². The molecule has 3 aliphatic rings. The number of sulfonamides is 1. The van der Waals surface area contributed by atoms with Crippen LogP contribution in [0.3, 0.4) is 0 Å². The smallest absolute Gasteiger partial charge is 0.200 e. The normalized spacial score (nSPS) is 34.4. The predicted octanol–water partition coefficient (Wildman–Crippen LogP) is 3.05. The minimum absolute atomic E-state index is 0.0304. The van der Waals surface area contributed by atoms with Crippen molar-refractivity contribution >= 4 is 15.7 Å². The standard InChI is InChI=1S/C15H22N2O2S/c1-10-5-6-13-12(7-10)8-14-15(3,4)9-11(2)16-17(14)20(13,18)19/h6-7,12,14H,5,8-9H2,1-4H3/t12-,14-/m0/s1. The Kier molecular flexibility index (Phi) is 2.91. The zero-order chi connectivity index (χ0) is 14.7. The van der Waals surface area contributed by atoms with E-state index in [1.165, 1.54) is 9.99 Å². The molecule has 5 heteroatoms. The first-order valence-corrected chi connectivity index (χ1v) is 8.62. The third-order valence-electron chi connectivity index (χ3n) is 4.65. The van der Waals surface area contributed by atoms with Gasteiger partial charge in [0.05, 0.1) is 10.9 Å². The first-order chi connectivity index (χ1) is 9.22. The summed E-state index contributed by atoms with van der Waals surface area (Å²) < 4.78 is 27.1. The van der Waals surface area contributed by atoms with Gasteiger partial charge >= 0.3 is 0 Å². The largest absolute Gasteiger partial charge is 0.275 e. The fraction of sp³-hybridized carbons (Fsp3) is 0.667. The Morgan fingerprint density at radius 3 is 2.75 bits per heavy atom. The summed E-state index contributed by atoms with van der Waals surface area (Å²) >= 11 is 0. The molecule has 0 unspecified atom stereocenters. The molecule has 0 radical (unpaired) electrons. The summed E-state index contributed by atoms with van der Waals surface area (Å²) in [4.78, 5) is 0.550. The van der Waals surface area contributed by atoms with E-state index >= 15 is 0 Å². The van der Waals surface area contributed by atoms with E-state index in [2.05, 4.69) is 31.9 Å². The number of hydrazone groups is 1. The van der Waals surface area contributed by atoms with Crippen LogP contribution in [0.1, 0.15) is 47.0 Å². The van der Waals surface area contributed by atoms with E-state index < -0.39 is 10.0 Å². The monoisotopic (exact) mass is 294 g/mol. The molecule has 3 rings (SSSR count). The Hall–Kier alpha value is -1.10. The maximum atomic E-state index is 12.8. The van der Waals surface area contributed by atoms with Gasteiger partial charge in [0.2, 0.25) is 0 Å². The van der Waals surface area contributed by atoms with Crippen LogP contribution in [0.15, 0.2) is 27.7 Å². The maximum Gasteiger partial charge on any atom is 0.275 e. The van der Waals surface area contributed by atoms with E-state index in [-0.39, 0.29) is 17.4 Å². The maximum absolute atomic E-state index is 12.8. The summed E-state index contributed by atoms with van der Waals surface area (Å²) in [6.07, 6.45) is 6.43. The van der Waals surface area contributed by atoms with Gasteiger partial charge in [-0.2, -0.15) is 17.9 Å². The molecule has 0 saturated carbocycles. The SMILES string of the molecule is CC1=C[C@H]2C[C@@H]3N(N=C(C)CC3(C)C)S(=O)(=O)C2=CC1. The molecule has 0 bridgehead atoms. The molecule has 0 amide bonds. The number of allylic oxidation sites excluding steroid dienone is 4. The minimum Gasteiger partial charge on any atom is -0.200 e. The molecule has 110 valence electrons. The number of nitrogens with zero attached hydrogens (tertiary/aromatic N) is 2. The molecule has 4 nitrogen and oxygen atoms in total. The molecular weight excluding hydrogens is 272 g/mol. The molecule has 1 saturated heterocycles. The lowest BCUT2D eigenvalue weighted by atomic mass is 9.74. The van der Waals surface area contributed by atoms with Crippen LogP contribution >= 0.6 is 0 Å². The summed E-state index contributed by atoms with van der Waals surface area (Å²) in [5.74, 6) is 0.0304. The van der Waals surface area contributed by atoms with Crippen molar-refractivity contribution in [2.45, 2.75) is 53.0 Å². The van der Waals surface area contributed by atoms with Gasteiger partial charge in [-0.25, -0.2) is 0 Å². The second-order valence-corrected chi connectivity index (χ2v) is 8.76. The van der Waals surface area contributed by atoms with Crippen molar-refractivity contribution < 1.29 is 8.42 Å². The van der Waals surface area contributed by atoms with E-state index in [1.54, 1.807) is 0 Å². The highest BCUT2D eigenvalue weighted by Crippen LogP contribution is 2.47. The van der Waals surface area contributed by atoms with Gasteiger partial charge in [-0.3, -0.25) is 0 Å². The highest BCUT2D eigenvalue weighted by atomic mass is 32.2. The molecule has 0 aromatic carbocycles. The second-order valence-electron chi connectivity index (χ2n) is 6.96. The minimum atomic E-state index is -3.45. The summed E-state index contributed by atoms with van der Waals surface area (Å²) in [6, 6.07) is -0.0412. The summed E-state index contributed by atoms with van der Waals surface area (Å²) in [7, 11) is -3.45. The van der Waals surface area contributed by atoms with E-state index in [4.69, 9.17) is 0 Å². The zero-order valence-corrected chi connectivity index (χ0v) is 13.4. The summed E-state index contributed by atoms with van der Waals surface area (Å²) in [6.45, 7) is 8.28. The molecule has 2 heterocycles. The molecule has 0 N–H and O–H groups in total. The quantitative estimate of drug-likeness (QED) is 0.645. The fourth-order valence-electron chi connectivity index (χ4n) is 3.72. The van der Waals surface area contributed by atoms with Crippen molar-refractivity contribution in [3.8, 4) is 0 Å². The Labute approximate surface area is 121 Å². The van der Waals surface area contributed by atoms with Gasteiger partial charge in [0, 0.05) is 11.6 Å². The molecule has 20 heavy (non-hydrogen) atoms. The van der Waals surface area contributed by atoms with Crippen molar-refractivity contribution in [1.82, 2.24) is 4.41 Å². The van der Waals surface area contributed by atoms with Crippen molar-refractivity contribution in [1.29, 1.82) is 0 Å². The Balaban J connectivity index is 2.12. The average molecular weight is 294 g/mol. The van der Waals surface area contributed by atoms with Gasteiger partial charge in [-0.1, -0.05) is 31.6 Å². The highest BCUT2D eigenvalue weighted by Gasteiger charge is 2.50. The fourth-order valence-corrected chi connectivity index (χ4v) is 5.73. The van der Waals surface area contributed by atoms with Gasteiger partial charge in [0.25, 0.3) is 10.0 Å². The predicted molar refractivity (Wildman–Crippen MR) is 80.6 cm³/mol. The number of hydrogen-bond donors (Lipinski definition) is 0. The lowest BCUT2D eigenvalue weighted by Gasteiger charge is -2.48. The van der Waals surface area contributed by atoms with Crippen molar-refractivity contribution in [3.63, 3.8) is 0 Å². The van der Waals surface area contributed by atoms with Gasteiger partial charge in [0.15, 0.2) is 0 Å². The van der Waals surface area contributed by atoms with Gasteiger partial charge < -0.3 is 0 Å². The topological polar surface area (TPSA) is 49.7 Å². The van der Waals surface area contributed by atoms with Crippen LogP contribution in [0, 0.1) is 11.3 Å². The molecule has 1 aliphatic carbocycles. The van der Waals surface area contributed by atoms with Crippen LogP contribution in [0.4, 0.5) is 0 Å². The number of fused-ring (bicyclic) bond motifs is 2. The van der Waals surface area contributed by atoms with Crippen LogP contribution in [0.25, 0.3) is 0 Å². The van der Waals surface area contributed by atoms with E-state index in [0.717, 1.165) is 25.0 Å². The molecule has 0 spiro atoms. The summed E-state index contributed by atoms with van der Waals surface area (Å²) in [5.41, 5.74) is 2.09. The van der Waals surface area contributed by atoms with Crippen molar-refractivity contribution in [2.75, 3.05) is 0 Å². The van der Waals surface area contributed by atoms with Gasteiger partial charge in [0.1, 0.15) is 0 Å².